The Morgan fingerprint density at radius 1 is 1.24 bits per heavy atom. The third kappa shape index (κ3) is 3.43. The van der Waals surface area contributed by atoms with Gasteiger partial charge in [-0.25, -0.2) is 0 Å². The average Bonchev–Trinajstić information content (AvgIpc) is 2.39. The van der Waals surface area contributed by atoms with Crippen LogP contribution in [0.2, 0.25) is 0 Å². The molecule has 2 aliphatic rings. The first kappa shape index (κ1) is 13.3. The van der Waals surface area contributed by atoms with Gasteiger partial charge in [0.2, 0.25) is 0 Å². The molecule has 0 aliphatic carbocycles. The summed E-state index contributed by atoms with van der Waals surface area (Å²) in [5, 5.41) is 3.70. The molecule has 3 nitrogen and oxygen atoms in total. The van der Waals surface area contributed by atoms with E-state index in [4.69, 9.17) is 0 Å². The van der Waals surface area contributed by atoms with Gasteiger partial charge in [0.1, 0.15) is 0 Å². The molecular weight excluding hydrogens is 210 g/mol. The first-order valence-electron chi connectivity index (χ1n) is 7.36. The maximum atomic E-state index is 3.70. The Labute approximate surface area is 107 Å². The third-order valence-corrected chi connectivity index (χ3v) is 4.77. The molecule has 0 aromatic rings. The second-order valence-electron chi connectivity index (χ2n) is 5.98. The van der Waals surface area contributed by atoms with Crippen molar-refractivity contribution in [2.45, 2.75) is 45.2 Å². The summed E-state index contributed by atoms with van der Waals surface area (Å²) in [5.74, 6) is 0.809. The summed E-state index contributed by atoms with van der Waals surface area (Å²) in [5.41, 5.74) is 0. The lowest BCUT2D eigenvalue weighted by Crippen LogP contribution is -2.57. The fourth-order valence-corrected chi connectivity index (χ4v) is 3.16. The molecule has 3 heteroatoms. The van der Waals surface area contributed by atoms with Gasteiger partial charge in [-0.1, -0.05) is 20.3 Å². The van der Waals surface area contributed by atoms with Gasteiger partial charge in [0.25, 0.3) is 0 Å². The molecule has 2 aliphatic heterocycles. The first-order valence-corrected chi connectivity index (χ1v) is 7.36. The number of piperidine rings is 1. The van der Waals surface area contributed by atoms with Crippen LogP contribution in [0.3, 0.4) is 0 Å². The van der Waals surface area contributed by atoms with E-state index < -0.39 is 0 Å². The van der Waals surface area contributed by atoms with Crippen LogP contribution in [0.25, 0.3) is 0 Å². The second kappa shape index (κ2) is 6.17. The fourth-order valence-electron chi connectivity index (χ4n) is 3.16. The Hall–Kier alpha value is -0.120. The van der Waals surface area contributed by atoms with Crippen molar-refractivity contribution in [2.75, 3.05) is 39.8 Å². The summed E-state index contributed by atoms with van der Waals surface area (Å²) in [7, 11) is 2.25. The number of hydrogen-bond acceptors (Lipinski definition) is 3. The third-order valence-electron chi connectivity index (χ3n) is 4.77. The lowest BCUT2D eigenvalue weighted by atomic mass is 9.95. The van der Waals surface area contributed by atoms with E-state index >= 15 is 0 Å². The Balaban J connectivity index is 1.84. The minimum Gasteiger partial charge on any atom is -0.311 e. The monoisotopic (exact) mass is 239 g/mol. The van der Waals surface area contributed by atoms with Gasteiger partial charge in [-0.05, 0) is 38.9 Å². The highest BCUT2D eigenvalue weighted by atomic mass is 15.2. The summed E-state index contributed by atoms with van der Waals surface area (Å²) >= 11 is 0. The number of rotatable bonds is 3. The topological polar surface area (TPSA) is 18.5 Å². The van der Waals surface area contributed by atoms with Gasteiger partial charge in [0.05, 0.1) is 0 Å². The van der Waals surface area contributed by atoms with E-state index in [1.54, 1.807) is 0 Å². The van der Waals surface area contributed by atoms with Gasteiger partial charge in [0.15, 0.2) is 0 Å². The Kier molecular flexibility index (Phi) is 4.83. The normalized spacial score (nSPS) is 31.6. The summed E-state index contributed by atoms with van der Waals surface area (Å²) in [6, 6.07) is 1.56. The van der Waals surface area contributed by atoms with Gasteiger partial charge in [-0.3, -0.25) is 4.90 Å². The van der Waals surface area contributed by atoms with Gasteiger partial charge < -0.3 is 10.2 Å². The molecule has 0 aromatic carbocycles. The van der Waals surface area contributed by atoms with Crippen LogP contribution in [0.5, 0.6) is 0 Å². The molecule has 2 saturated heterocycles. The molecule has 2 atom stereocenters. The zero-order chi connectivity index (χ0) is 12.3. The van der Waals surface area contributed by atoms with Crippen molar-refractivity contribution in [1.82, 2.24) is 15.1 Å². The van der Waals surface area contributed by atoms with E-state index in [9.17, 15) is 0 Å². The van der Waals surface area contributed by atoms with Crippen molar-refractivity contribution in [2.24, 2.45) is 5.92 Å². The second-order valence-corrected chi connectivity index (χ2v) is 5.98. The zero-order valence-electron chi connectivity index (χ0n) is 11.8. The number of nitrogens with zero attached hydrogens (tertiary/aromatic N) is 2. The van der Waals surface area contributed by atoms with E-state index in [0.29, 0.717) is 6.04 Å². The van der Waals surface area contributed by atoms with E-state index in [1.165, 1.54) is 52.0 Å². The number of likely N-dealkylation sites (tertiary alicyclic amines) is 1. The molecule has 2 rings (SSSR count). The standard InChI is InChI=1S/C14H29N3/c1-4-12(2)14-11-17(10-7-15-14)13-5-8-16(3)9-6-13/h12-15H,4-11H2,1-3H3. The minimum atomic E-state index is 0.716. The lowest BCUT2D eigenvalue weighted by molar-refractivity contribution is 0.0803. The average molecular weight is 239 g/mol. The summed E-state index contributed by atoms with van der Waals surface area (Å²) in [6.45, 7) is 11.0. The van der Waals surface area contributed by atoms with Crippen LogP contribution in [0.15, 0.2) is 0 Å². The Morgan fingerprint density at radius 3 is 2.59 bits per heavy atom. The van der Waals surface area contributed by atoms with Crippen molar-refractivity contribution in [1.29, 1.82) is 0 Å². The molecule has 2 heterocycles. The maximum Gasteiger partial charge on any atom is 0.0221 e. The maximum absolute atomic E-state index is 3.70. The minimum absolute atomic E-state index is 0.716. The van der Waals surface area contributed by atoms with Gasteiger partial charge in [0, 0.05) is 31.7 Å². The Morgan fingerprint density at radius 2 is 1.94 bits per heavy atom. The molecule has 1 N–H and O–H groups in total. The predicted molar refractivity (Wildman–Crippen MR) is 73.3 cm³/mol. The molecule has 2 unspecified atom stereocenters. The predicted octanol–water partition coefficient (Wildman–Crippen LogP) is 1.40. The number of piperazine rings is 1. The molecule has 2 fully saturated rings. The molecule has 0 saturated carbocycles. The van der Waals surface area contributed by atoms with E-state index in [2.05, 4.69) is 36.0 Å². The van der Waals surface area contributed by atoms with E-state index in [0.717, 1.165) is 12.0 Å². The van der Waals surface area contributed by atoms with Crippen LogP contribution in [0.4, 0.5) is 0 Å². The summed E-state index contributed by atoms with van der Waals surface area (Å²) in [6.07, 6.45) is 4.02. The molecule has 0 bridgehead atoms. The molecule has 100 valence electrons. The van der Waals surface area contributed by atoms with Gasteiger partial charge >= 0.3 is 0 Å². The quantitative estimate of drug-likeness (QED) is 0.803. The molecule has 17 heavy (non-hydrogen) atoms. The summed E-state index contributed by atoms with van der Waals surface area (Å²) in [4.78, 5) is 5.21. The van der Waals surface area contributed by atoms with Crippen LogP contribution in [0.1, 0.15) is 33.1 Å². The highest BCUT2D eigenvalue weighted by molar-refractivity contribution is 4.87. The van der Waals surface area contributed by atoms with Crippen LogP contribution in [-0.2, 0) is 0 Å². The first-order chi connectivity index (χ1) is 8.20. The molecule has 0 amide bonds. The van der Waals surface area contributed by atoms with Crippen LogP contribution < -0.4 is 5.32 Å². The van der Waals surface area contributed by atoms with Crippen molar-refractivity contribution in [3.63, 3.8) is 0 Å². The smallest absolute Gasteiger partial charge is 0.0221 e. The molecule has 0 spiro atoms. The molecule has 0 radical (unpaired) electrons. The lowest BCUT2D eigenvalue weighted by Gasteiger charge is -2.43. The van der Waals surface area contributed by atoms with Gasteiger partial charge in [-0.2, -0.15) is 0 Å². The van der Waals surface area contributed by atoms with Crippen LogP contribution in [-0.4, -0.2) is 61.7 Å². The largest absolute Gasteiger partial charge is 0.311 e. The Bertz CT molecular complexity index is 224. The number of hydrogen-bond donors (Lipinski definition) is 1. The van der Waals surface area contributed by atoms with E-state index in [1.807, 2.05) is 0 Å². The van der Waals surface area contributed by atoms with Crippen molar-refractivity contribution in [3.8, 4) is 0 Å². The SMILES string of the molecule is CCC(C)C1CN(C2CCN(C)CC2)CCN1. The molecule has 0 aromatic heterocycles. The van der Waals surface area contributed by atoms with Crippen molar-refractivity contribution in [3.05, 3.63) is 0 Å². The highest BCUT2D eigenvalue weighted by Crippen LogP contribution is 2.19. The molecular formula is C14H29N3. The fraction of sp³-hybridized carbons (Fsp3) is 1.00. The van der Waals surface area contributed by atoms with Crippen LogP contribution >= 0.6 is 0 Å². The van der Waals surface area contributed by atoms with E-state index in [-0.39, 0.29) is 0 Å². The summed E-state index contributed by atoms with van der Waals surface area (Å²) < 4.78 is 0. The van der Waals surface area contributed by atoms with Crippen molar-refractivity contribution >= 4 is 0 Å². The van der Waals surface area contributed by atoms with Crippen molar-refractivity contribution < 1.29 is 0 Å². The van der Waals surface area contributed by atoms with Gasteiger partial charge in [-0.15, -0.1) is 0 Å². The zero-order valence-corrected chi connectivity index (χ0v) is 11.8. The van der Waals surface area contributed by atoms with Crippen LogP contribution in [0, 0.1) is 5.92 Å². The highest BCUT2D eigenvalue weighted by Gasteiger charge is 2.29. The number of nitrogens with one attached hydrogen (secondary N) is 1.